The van der Waals surface area contributed by atoms with Crippen molar-refractivity contribution in [1.29, 1.82) is 0 Å². The Kier molecular flexibility index (Phi) is 3.31. The maximum Gasteiger partial charge on any atom is 0.345 e. The van der Waals surface area contributed by atoms with Crippen LogP contribution in [-0.2, 0) is 0 Å². The fourth-order valence-electron chi connectivity index (χ4n) is 2.27. The summed E-state index contributed by atoms with van der Waals surface area (Å²) in [6, 6.07) is 7.18. The highest BCUT2D eigenvalue weighted by Gasteiger charge is 2.23. The smallest absolute Gasteiger partial charge is 0.345 e. The minimum Gasteiger partial charge on any atom is -0.477 e. The Morgan fingerprint density at radius 2 is 2.10 bits per heavy atom. The summed E-state index contributed by atoms with van der Waals surface area (Å²) in [5.74, 6) is -1.17. The molecule has 0 saturated heterocycles. The predicted molar refractivity (Wildman–Crippen MR) is 76.6 cm³/mol. The van der Waals surface area contributed by atoms with Crippen molar-refractivity contribution in [2.75, 3.05) is 5.32 Å². The van der Waals surface area contributed by atoms with E-state index in [-0.39, 0.29) is 10.8 Å². The van der Waals surface area contributed by atoms with Gasteiger partial charge in [-0.1, -0.05) is 0 Å². The highest BCUT2D eigenvalue weighted by atomic mass is 32.1. The van der Waals surface area contributed by atoms with E-state index >= 15 is 0 Å². The molecule has 0 bridgehead atoms. The second-order valence-electron chi connectivity index (χ2n) is 4.81. The third-order valence-electron chi connectivity index (χ3n) is 3.53. The predicted octanol–water partition coefficient (Wildman–Crippen LogP) is 3.23. The summed E-state index contributed by atoms with van der Waals surface area (Å²) in [6.07, 6.45) is 5.35. The van der Waals surface area contributed by atoms with Gasteiger partial charge in [0.2, 0.25) is 0 Å². The van der Waals surface area contributed by atoms with Crippen molar-refractivity contribution in [3.05, 3.63) is 41.0 Å². The lowest BCUT2D eigenvalue weighted by Crippen LogP contribution is -2.23. The van der Waals surface area contributed by atoms with E-state index in [9.17, 15) is 9.59 Å². The molecule has 1 aliphatic carbocycles. The Hall–Kier alpha value is -2.08. The van der Waals surface area contributed by atoms with Crippen molar-refractivity contribution in [1.82, 2.24) is 4.57 Å². The zero-order valence-corrected chi connectivity index (χ0v) is 11.5. The van der Waals surface area contributed by atoms with E-state index in [1.165, 1.54) is 12.5 Å². The van der Waals surface area contributed by atoms with Gasteiger partial charge in [-0.05, 0) is 43.5 Å². The molecule has 5 nitrogen and oxygen atoms in total. The first-order chi connectivity index (χ1) is 9.65. The van der Waals surface area contributed by atoms with E-state index in [1.807, 2.05) is 16.8 Å². The number of carbonyl (C=O) groups excluding carboxylic acids is 1. The molecule has 6 heteroatoms. The number of hydrogen-bond acceptors (Lipinski definition) is 3. The Morgan fingerprint density at radius 1 is 1.30 bits per heavy atom. The van der Waals surface area contributed by atoms with E-state index in [1.54, 1.807) is 12.1 Å². The Balaban J connectivity index is 1.75. The monoisotopic (exact) mass is 290 g/mol. The average molecular weight is 290 g/mol. The fourth-order valence-corrected chi connectivity index (χ4v) is 3.01. The molecule has 2 aromatic heterocycles. The van der Waals surface area contributed by atoms with Gasteiger partial charge < -0.3 is 15.0 Å². The lowest BCUT2D eigenvalue weighted by molar-refractivity contribution is 0.0702. The molecule has 2 N–H and O–H groups in total. The van der Waals surface area contributed by atoms with Crippen LogP contribution in [0.5, 0.6) is 0 Å². The molecular weight excluding hydrogens is 276 g/mol. The van der Waals surface area contributed by atoms with Crippen LogP contribution in [-0.4, -0.2) is 21.6 Å². The lowest BCUT2D eigenvalue weighted by atomic mass is 9.93. The van der Waals surface area contributed by atoms with Gasteiger partial charge in [-0.2, -0.15) is 0 Å². The summed E-state index contributed by atoms with van der Waals surface area (Å²) in [7, 11) is 0. The molecule has 1 amide bonds. The highest BCUT2D eigenvalue weighted by Crippen LogP contribution is 2.33. The van der Waals surface area contributed by atoms with Gasteiger partial charge in [0.25, 0.3) is 5.91 Å². The maximum atomic E-state index is 12.2. The standard InChI is InChI=1S/C14H14N2O3S/c17-13(15-12-7-6-11(20-12)14(18)19)10-5-2-8-16(10)9-3-1-4-9/h2,5-9H,1,3-4H2,(H,15,17)(H,18,19). The van der Waals surface area contributed by atoms with Crippen molar-refractivity contribution in [2.45, 2.75) is 25.3 Å². The number of thiophene rings is 1. The van der Waals surface area contributed by atoms with Gasteiger partial charge in [0.1, 0.15) is 10.6 Å². The van der Waals surface area contributed by atoms with Gasteiger partial charge in [0, 0.05) is 12.2 Å². The van der Waals surface area contributed by atoms with Gasteiger partial charge in [-0.3, -0.25) is 4.79 Å². The number of anilines is 1. The van der Waals surface area contributed by atoms with Crippen LogP contribution < -0.4 is 5.32 Å². The molecule has 1 saturated carbocycles. The molecule has 0 aliphatic heterocycles. The summed E-state index contributed by atoms with van der Waals surface area (Å²) < 4.78 is 2.00. The number of aromatic nitrogens is 1. The Bertz CT molecular complexity index is 655. The van der Waals surface area contributed by atoms with E-state index < -0.39 is 5.97 Å². The first kappa shape index (κ1) is 12.9. The molecule has 0 spiro atoms. The summed E-state index contributed by atoms with van der Waals surface area (Å²) >= 11 is 1.06. The van der Waals surface area contributed by atoms with Crippen molar-refractivity contribution in [2.24, 2.45) is 0 Å². The molecular formula is C14H14N2O3S. The van der Waals surface area contributed by atoms with Gasteiger partial charge in [-0.25, -0.2) is 4.79 Å². The molecule has 20 heavy (non-hydrogen) atoms. The molecule has 104 valence electrons. The van der Waals surface area contributed by atoms with E-state index in [2.05, 4.69) is 5.32 Å². The summed E-state index contributed by atoms with van der Waals surface area (Å²) in [4.78, 5) is 23.3. The number of amides is 1. The van der Waals surface area contributed by atoms with Gasteiger partial charge >= 0.3 is 5.97 Å². The van der Waals surface area contributed by atoms with Crippen molar-refractivity contribution in [3.63, 3.8) is 0 Å². The van der Waals surface area contributed by atoms with Crippen molar-refractivity contribution < 1.29 is 14.7 Å². The SMILES string of the molecule is O=C(O)c1ccc(NC(=O)c2cccn2C2CCC2)s1. The van der Waals surface area contributed by atoms with Crippen LogP contribution in [0.25, 0.3) is 0 Å². The topological polar surface area (TPSA) is 71.3 Å². The number of carboxylic acids is 1. The van der Waals surface area contributed by atoms with Crippen LogP contribution >= 0.6 is 11.3 Å². The van der Waals surface area contributed by atoms with Crippen LogP contribution in [0.15, 0.2) is 30.5 Å². The van der Waals surface area contributed by atoms with E-state index in [4.69, 9.17) is 5.11 Å². The first-order valence-corrected chi connectivity index (χ1v) is 7.28. The van der Waals surface area contributed by atoms with Crippen LogP contribution in [0.3, 0.4) is 0 Å². The average Bonchev–Trinajstić information content (AvgIpc) is 2.95. The lowest BCUT2D eigenvalue weighted by Gasteiger charge is -2.28. The quantitative estimate of drug-likeness (QED) is 0.908. The largest absolute Gasteiger partial charge is 0.477 e. The number of rotatable bonds is 4. The van der Waals surface area contributed by atoms with Gasteiger partial charge in [-0.15, -0.1) is 11.3 Å². The molecule has 0 atom stereocenters. The number of nitrogens with zero attached hydrogens (tertiary/aromatic N) is 1. The third-order valence-corrected chi connectivity index (χ3v) is 4.52. The normalized spacial score (nSPS) is 14.8. The fraction of sp³-hybridized carbons (Fsp3) is 0.286. The molecule has 2 aromatic rings. The molecule has 0 aromatic carbocycles. The minimum absolute atomic E-state index is 0.194. The highest BCUT2D eigenvalue weighted by molar-refractivity contribution is 7.18. The number of carboxylic acid groups (broad SMARTS) is 1. The van der Waals surface area contributed by atoms with E-state index in [0.717, 1.165) is 24.2 Å². The second-order valence-corrected chi connectivity index (χ2v) is 5.89. The molecule has 1 fully saturated rings. The second kappa shape index (κ2) is 5.13. The van der Waals surface area contributed by atoms with E-state index in [0.29, 0.717) is 16.7 Å². The number of hydrogen-bond donors (Lipinski definition) is 2. The van der Waals surface area contributed by atoms with Crippen molar-refractivity contribution >= 4 is 28.2 Å². The van der Waals surface area contributed by atoms with Crippen LogP contribution in [0, 0.1) is 0 Å². The van der Waals surface area contributed by atoms with Gasteiger partial charge in [0.15, 0.2) is 0 Å². The zero-order valence-electron chi connectivity index (χ0n) is 10.7. The van der Waals surface area contributed by atoms with Crippen LogP contribution in [0.2, 0.25) is 0 Å². The molecule has 0 unspecified atom stereocenters. The third kappa shape index (κ3) is 2.34. The molecule has 3 rings (SSSR count). The van der Waals surface area contributed by atoms with Crippen LogP contribution in [0.4, 0.5) is 5.00 Å². The van der Waals surface area contributed by atoms with Gasteiger partial charge in [0.05, 0.1) is 5.00 Å². The first-order valence-electron chi connectivity index (χ1n) is 6.46. The summed E-state index contributed by atoms with van der Waals surface area (Å²) in [5.41, 5.74) is 0.625. The molecule has 2 heterocycles. The summed E-state index contributed by atoms with van der Waals surface area (Å²) in [5, 5.41) is 12.2. The number of carbonyl (C=O) groups is 2. The number of aromatic carboxylic acids is 1. The minimum atomic E-state index is -0.978. The van der Waals surface area contributed by atoms with Crippen LogP contribution in [0.1, 0.15) is 45.5 Å². The number of nitrogens with one attached hydrogen (secondary N) is 1. The molecule has 1 aliphatic rings. The summed E-state index contributed by atoms with van der Waals surface area (Å²) in [6.45, 7) is 0. The molecule has 0 radical (unpaired) electrons. The zero-order chi connectivity index (χ0) is 14.1. The maximum absolute atomic E-state index is 12.2. The Morgan fingerprint density at radius 3 is 2.70 bits per heavy atom. The van der Waals surface area contributed by atoms with Crippen molar-refractivity contribution in [3.8, 4) is 0 Å². The Labute approximate surface area is 119 Å².